The number of benzene rings is 1. The molecule has 0 saturated carbocycles. The molecule has 2 atom stereocenters. The highest BCUT2D eigenvalue weighted by molar-refractivity contribution is 5.54. The van der Waals surface area contributed by atoms with Gasteiger partial charge in [-0.15, -0.1) is 0 Å². The molecule has 0 fully saturated rings. The maximum Gasteiger partial charge on any atom is 0.462 e. The third kappa shape index (κ3) is 7.53. The molecular weight excluding hydrogens is 660 g/mol. The Hall–Kier alpha value is -2.92. The van der Waals surface area contributed by atoms with Crippen LogP contribution in [0.3, 0.4) is 0 Å². The van der Waals surface area contributed by atoms with E-state index in [1.807, 2.05) is 0 Å². The second kappa shape index (κ2) is 11.3. The van der Waals surface area contributed by atoms with E-state index in [-0.39, 0.29) is 12.1 Å². The lowest BCUT2D eigenvalue weighted by Crippen LogP contribution is -2.56. The Morgan fingerprint density at radius 1 is 0.548 bits per heavy atom. The smallest absolute Gasteiger partial charge is 0.425 e. The fourth-order valence-corrected chi connectivity index (χ4v) is 2.08. The second-order valence-electron chi connectivity index (χ2n) is 7.28. The highest BCUT2D eigenvalue weighted by Crippen LogP contribution is 2.50. The number of halogens is 20. The summed E-state index contributed by atoms with van der Waals surface area (Å²) in [6, 6.07) is 0.347. The second-order valence-corrected chi connectivity index (χ2v) is 7.28. The third-order valence-electron chi connectivity index (χ3n) is 4.17. The van der Waals surface area contributed by atoms with Gasteiger partial charge in [0.2, 0.25) is 0 Å². The van der Waals surface area contributed by atoms with Crippen LogP contribution in [0, 0.1) is 0 Å². The normalized spacial score (nSPS) is 16.2. The van der Waals surface area contributed by atoms with Crippen LogP contribution >= 0.6 is 0 Å². The molecule has 0 N–H and O–H groups in total. The molecule has 0 aliphatic carbocycles. The van der Waals surface area contributed by atoms with Gasteiger partial charge in [0.15, 0.2) is 11.5 Å². The zero-order valence-corrected chi connectivity index (χ0v) is 18.9. The van der Waals surface area contributed by atoms with Crippen LogP contribution < -0.4 is 9.47 Å². The van der Waals surface area contributed by atoms with Crippen molar-refractivity contribution in [1.29, 1.82) is 0 Å². The first-order valence-corrected chi connectivity index (χ1v) is 9.55. The third-order valence-corrected chi connectivity index (χ3v) is 4.17. The van der Waals surface area contributed by atoms with E-state index in [0.717, 1.165) is 0 Å². The Bertz CT molecular complexity index is 1100. The summed E-state index contributed by atoms with van der Waals surface area (Å²) in [4.78, 5) is 0. The first-order valence-electron chi connectivity index (χ1n) is 9.55. The van der Waals surface area contributed by atoms with Gasteiger partial charge >= 0.3 is 61.3 Å². The molecule has 0 aliphatic rings. The van der Waals surface area contributed by atoms with Gasteiger partial charge in [-0.05, 0) is 17.7 Å². The summed E-state index contributed by atoms with van der Waals surface area (Å²) in [5.41, 5.74) is -0.592. The molecule has 0 amide bonds. The van der Waals surface area contributed by atoms with Gasteiger partial charge in [-0.1, -0.05) is 18.7 Å². The summed E-state index contributed by atoms with van der Waals surface area (Å²) < 4.78 is 270. The zero-order valence-electron chi connectivity index (χ0n) is 18.9. The molecule has 0 saturated heterocycles. The molecule has 1 aromatic carbocycles. The molecule has 244 valence electrons. The molecular formula is C18H8F20O4. The number of hydrogen-bond acceptors (Lipinski definition) is 4. The van der Waals surface area contributed by atoms with Crippen LogP contribution in [0.5, 0.6) is 11.5 Å². The first kappa shape index (κ1) is 37.1. The van der Waals surface area contributed by atoms with Crippen LogP contribution in [0.1, 0.15) is 5.56 Å². The van der Waals surface area contributed by atoms with Gasteiger partial charge in [0.05, 0.1) is 0 Å². The predicted octanol–water partition coefficient (Wildman–Crippen LogP) is 8.48. The Morgan fingerprint density at radius 3 is 1.19 bits per heavy atom. The Morgan fingerprint density at radius 2 is 0.881 bits per heavy atom. The van der Waals surface area contributed by atoms with Crippen molar-refractivity contribution in [2.45, 2.75) is 61.3 Å². The first-order chi connectivity index (χ1) is 18.4. The standard InChI is InChI=1S/C18H8F20O4/c1-2-6-3-4-7(39-11(21,22)9(19)41-17(35,36)13(25,26)15(29,30)31)8(5-6)40-12(23,24)10(20)42-18(37,38)14(27,28)16(32,33)34/h2-5,9-10H,1H2. The van der Waals surface area contributed by atoms with E-state index >= 15 is 0 Å². The van der Waals surface area contributed by atoms with Crippen molar-refractivity contribution in [1.82, 2.24) is 0 Å². The molecule has 0 spiro atoms. The van der Waals surface area contributed by atoms with E-state index < -0.39 is 78.4 Å². The zero-order chi connectivity index (χ0) is 33.5. The summed E-state index contributed by atoms with van der Waals surface area (Å²) in [6.07, 6.45) is -51.0. The van der Waals surface area contributed by atoms with Gasteiger partial charge in [0.1, 0.15) is 0 Å². The summed E-state index contributed by atoms with van der Waals surface area (Å²) in [5, 5.41) is 0. The van der Waals surface area contributed by atoms with Crippen molar-refractivity contribution < 1.29 is 107 Å². The molecule has 1 aromatic rings. The van der Waals surface area contributed by atoms with E-state index in [1.165, 1.54) is 0 Å². The van der Waals surface area contributed by atoms with Crippen molar-refractivity contribution in [2.24, 2.45) is 0 Å². The maximum atomic E-state index is 14.0. The number of ether oxygens (including phenoxy) is 4. The van der Waals surface area contributed by atoms with E-state index in [4.69, 9.17) is 0 Å². The van der Waals surface area contributed by atoms with Gasteiger partial charge in [0.25, 0.3) is 0 Å². The average Bonchev–Trinajstić information content (AvgIpc) is 2.77. The lowest BCUT2D eigenvalue weighted by atomic mass is 10.2. The van der Waals surface area contributed by atoms with Crippen molar-refractivity contribution in [3.8, 4) is 11.5 Å². The molecule has 0 radical (unpaired) electrons. The van der Waals surface area contributed by atoms with Crippen molar-refractivity contribution in [2.75, 3.05) is 0 Å². The largest absolute Gasteiger partial charge is 0.462 e. The van der Waals surface area contributed by atoms with E-state index in [9.17, 15) is 87.8 Å². The highest BCUT2D eigenvalue weighted by Gasteiger charge is 2.77. The average molecular weight is 668 g/mol. The fraction of sp³-hybridized carbons (Fsp3) is 0.556. The summed E-state index contributed by atoms with van der Waals surface area (Å²) in [5.74, 6) is -18.9. The molecule has 0 heterocycles. The number of hydrogen-bond donors (Lipinski definition) is 0. The van der Waals surface area contributed by atoms with Crippen LogP contribution in [0.4, 0.5) is 87.8 Å². The molecule has 2 unspecified atom stereocenters. The number of rotatable bonds is 13. The summed E-state index contributed by atoms with van der Waals surface area (Å²) in [6.45, 7) is 2.97. The minimum absolute atomic E-state index is 0.0397. The molecule has 24 heteroatoms. The van der Waals surface area contributed by atoms with Crippen molar-refractivity contribution in [3.63, 3.8) is 0 Å². The Balaban J connectivity index is 3.35. The number of alkyl halides is 20. The summed E-state index contributed by atoms with van der Waals surface area (Å²) in [7, 11) is 0. The van der Waals surface area contributed by atoms with Crippen LogP contribution in [0.25, 0.3) is 6.08 Å². The van der Waals surface area contributed by atoms with Gasteiger partial charge in [-0.3, -0.25) is 9.47 Å². The van der Waals surface area contributed by atoms with Crippen LogP contribution in [0.2, 0.25) is 0 Å². The molecule has 0 bridgehead atoms. The minimum atomic E-state index is -7.32. The fourth-order valence-electron chi connectivity index (χ4n) is 2.08. The highest BCUT2D eigenvalue weighted by atomic mass is 19.4. The SMILES string of the molecule is C=Cc1ccc(OC(F)(F)C(F)OC(F)(F)C(F)(F)C(F)(F)F)c(OC(F)(F)C(F)OC(F)(F)C(F)(F)C(F)(F)F)c1. The minimum Gasteiger partial charge on any atom is -0.425 e. The van der Waals surface area contributed by atoms with Gasteiger partial charge in [-0.2, -0.15) is 79.0 Å². The monoisotopic (exact) mass is 668 g/mol. The molecule has 1 rings (SSSR count). The topological polar surface area (TPSA) is 36.9 Å². The maximum absolute atomic E-state index is 14.0. The lowest BCUT2D eigenvalue weighted by molar-refractivity contribution is -0.461. The van der Waals surface area contributed by atoms with Gasteiger partial charge in [0, 0.05) is 0 Å². The van der Waals surface area contributed by atoms with E-state index in [0.29, 0.717) is 12.1 Å². The predicted molar refractivity (Wildman–Crippen MR) is 91.5 cm³/mol. The molecule has 4 nitrogen and oxygen atoms in total. The summed E-state index contributed by atoms with van der Waals surface area (Å²) >= 11 is 0. The van der Waals surface area contributed by atoms with Crippen molar-refractivity contribution >= 4 is 6.08 Å². The lowest BCUT2D eigenvalue weighted by Gasteiger charge is -2.31. The van der Waals surface area contributed by atoms with Crippen LogP contribution in [-0.4, -0.2) is 61.3 Å². The van der Waals surface area contributed by atoms with Crippen LogP contribution in [-0.2, 0) is 9.47 Å². The molecule has 42 heavy (non-hydrogen) atoms. The molecule has 0 aliphatic heterocycles. The van der Waals surface area contributed by atoms with Gasteiger partial charge < -0.3 is 9.47 Å². The van der Waals surface area contributed by atoms with Crippen molar-refractivity contribution in [3.05, 3.63) is 30.3 Å². The van der Waals surface area contributed by atoms with Gasteiger partial charge in [-0.25, -0.2) is 8.78 Å². The quantitative estimate of drug-likeness (QED) is 0.198. The van der Waals surface area contributed by atoms with Crippen LogP contribution in [0.15, 0.2) is 24.8 Å². The van der Waals surface area contributed by atoms with E-state index in [1.54, 1.807) is 0 Å². The Labute approximate surface area is 217 Å². The Kier molecular flexibility index (Phi) is 9.98. The van der Waals surface area contributed by atoms with E-state index in [2.05, 4.69) is 25.5 Å². The molecule has 0 aromatic heterocycles.